The van der Waals surface area contributed by atoms with Crippen LogP contribution in [0.1, 0.15) is 25.0 Å². The molecule has 0 bridgehead atoms. The zero-order chi connectivity index (χ0) is 21.1. The Morgan fingerprint density at radius 1 is 1.03 bits per heavy atom. The lowest BCUT2D eigenvalue weighted by Crippen LogP contribution is -2.47. The number of benzene rings is 2. The Hall–Kier alpha value is -2.90. The second-order valence-corrected chi connectivity index (χ2v) is 7.89. The fourth-order valence-electron chi connectivity index (χ4n) is 4.12. The highest BCUT2D eigenvalue weighted by Crippen LogP contribution is 2.42. The number of likely N-dealkylation sites (tertiary alicyclic amines) is 1. The van der Waals surface area contributed by atoms with Gasteiger partial charge in [-0.25, -0.2) is 4.79 Å². The van der Waals surface area contributed by atoms with E-state index in [0.717, 1.165) is 11.1 Å². The van der Waals surface area contributed by atoms with Gasteiger partial charge in [-0.1, -0.05) is 60.7 Å². The van der Waals surface area contributed by atoms with Gasteiger partial charge in [0.15, 0.2) is 18.1 Å². The van der Waals surface area contributed by atoms with Crippen molar-refractivity contribution in [3.05, 3.63) is 71.8 Å². The van der Waals surface area contributed by atoms with Gasteiger partial charge in [-0.3, -0.25) is 9.69 Å². The Bertz CT molecular complexity index is 872. The van der Waals surface area contributed by atoms with E-state index in [0.29, 0.717) is 12.9 Å². The van der Waals surface area contributed by atoms with E-state index >= 15 is 0 Å². The summed E-state index contributed by atoms with van der Waals surface area (Å²) in [6.07, 6.45) is -2.03. The Labute approximate surface area is 175 Å². The number of ether oxygens (including phenoxy) is 4. The van der Waals surface area contributed by atoms with E-state index in [1.165, 1.54) is 4.90 Å². The smallest absolute Gasteiger partial charge is 0.412 e. The molecule has 0 unspecified atom stereocenters. The van der Waals surface area contributed by atoms with Gasteiger partial charge in [-0.2, -0.15) is 0 Å². The van der Waals surface area contributed by atoms with E-state index in [-0.39, 0.29) is 6.61 Å². The van der Waals surface area contributed by atoms with Crippen molar-refractivity contribution in [1.82, 2.24) is 4.90 Å². The number of carbonyl (C=O) groups is 2. The second-order valence-electron chi connectivity index (χ2n) is 7.89. The zero-order valence-electron chi connectivity index (χ0n) is 17.0. The summed E-state index contributed by atoms with van der Waals surface area (Å²) in [5.74, 6) is -0.907. The topological polar surface area (TPSA) is 74.3 Å². The van der Waals surface area contributed by atoms with Crippen LogP contribution < -0.4 is 0 Å². The third-order valence-electron chi connectivity index (χ3n) is 5.36. The molecule has 2 saturated heterocycles. The lowest BCUT2D eigenvalue weighted by molar-refractivity contribution is -0.185. The maximum Gasteiger partial charge on any atom is 0.412 e. The second kappa shape index (κ2) is 8.45. The van der Waals surface area contributed by atoms with Crippen molar-refractivity contribution in [2.24, 2.45) is 0 Å². The first-order valence-corrected chi connectivity index (χ1v) is 9.96. The molecule has 0 radical (unpaired) electrons. The Morgan fingerprint density at radius 2 is 1.67 bits per heavy atom. The Kier molecular flexibility index (Phi) is 5.74. The fraction of sp³-hybridized carbons (Fsp3) is 0.391. The molecular formula is C23H25NO6. The molecule has 1 amide bonds. The monoisotopic (exact) mass is 411 g/mol. The largest absolute Gasteiger partial charge is 0.459 e. The van der Waals surface area contributed by atoms with Crippen molar-refractivity contribution in [3.63, 3.8) is 0 Å². The quantitative estimate of drug-likeness (QED) is 0.680. The normalized spacial score (nSPS) is 26.8. The van der Waals surface area contributed by atoms with Crippen molar-refractivity contribution < 1.29 is 28.5 Å². The average Bonchev–Trinajstić information content (AvgIpc) is 3.18. The molecule has 4 atom stereocenters. The number of fused-ring (bicyclic) bond motifs is 1. The van der Waals surface area contributed by atoms with Gasteiger partial charge in [0.2, 0.25) is 0 Å². The molecule has 7 nitrogen and oxygen atoms in total. The van der Waals surface area contributed by atoms with E-state index in [9.17, 15) is 9.59 Å². The summed E-state index contributed by atoms with van der Waals surface area (Å²) < 4.78 is 23.0. The number of nitrogens with zero attached hydrogens (tertiary/aromatic N) is 1. The van der Waals surface area contributed by atoms with E-state index in [2.05, 4.69) is 0 Å². The summed E-state index contributed by atoms with van der Waals surface area (Å²) in [6.45, 7) is 4.06. The molecule has 2 aliphatic heterocycles. The van der Waals surface area contributed by atoms with E-state index in [4.69, 9.17) is 18.9 Å². The van der Waals surface area contributed by atoms with Crippen LogP contribution in [0.4, 0.5) is 4.79 Å². The molecule has 0 N–H and O–H groups in total. The van der Waals surface area contributed by atoms with E-state index in [1.807, 2.05) is 60.7 Å². The molecule has 0 aliphatic carbocycles. The van der Waals surface area contributed by atoms with Crippen LogP contribution in [0.2, 0.25) is 0 Å². The molecule has 0 spiro atoms. The van der Waals surface area contributed by atoms with Crippen LogP contribution in [0.5, 0.6) is 0 Å². The van der Waals surface area contributed by atoms with Crippen molar-refractivity contribution in [3.8, 4) is 0 Å². The van der Waals surface area contributed by atoms with Crippen LogP contribution in [0.15, 0.2) is 60.7 Å². The van der Waals surface area contributed by atoms with Gasteiger partial charge in [-0.05, 0) is 31.4 Å². The molecule has 0 saturated carbocycles. The van der Waals surface area contributed by atoms with Crippen molar-refractivity contribution in [2.45, 2.75) is 57.1 Å². The van der Waals surface area contributed by atoms with Crippen molar-refractivity contribution in [1.29, 1.82) is 0 Å². The summed E-state index contributed by atoms with van der Waals surface area (Å²) in [4.78, 5) is 25.9. The summed E-state index contributed by atoms with van der Waals surface area (Å²) in [7, 11) is 0. The van der Waals surface area contributed by atoms with Gasteiger partial charge in [-0.15, -0.1) is 0 Å². The minimum absolute atomic E-state index is 0.134. The highest BCUT2D eigenvalue weighted by atomic mass is 16.8. The standard InChI is InChI=1S/C23H25NO6/c1-23(2)29-20-19(28-15-25)18(13-16-9-5-3-6-10-16)24(21(20)30-23)22(26)27-14-17-11-7-4-8-12-17/h3-12,15,18-21H,13-14H2,1-2H3/t18-,19+,20-,21-/m0/s1. The number of rotatable bonds is 6. The minimum Gasteiger partial charge on any atom is -0.459 e. The van der Waals surface area contributed by atoms with Crippen LogP contribution in [0, 0.1) is 0 Å². The summed E-state index contributed by atoms with van der Waals surface area (Å²) in [5.41, 5.74) is 1.88. The van der Waals surface area contributed by atoms with Gasteiger partial charge >= 0.3 is 6.09 Å². The SMILES string of the molecule is CC1(C)O[C@H]2[C@H](OC=O)[C@H](Cc3ccccc3)N(C(=O)OCc3ccccc3)[C@H]2O1. The van der Waals surface area contributed by atoms with Gasteiger partial charge in [0, 0.05) is 0 Å². The Balaban J connectivity index is 1.60. The molecular weight excluding hydrogens is 386 g/mol. The molecule has 0 aromatic heterocycles. The Morgan fingerprint density at radius 3 is 2.30 bits per heavy atom. The third-order valence-corrected chi connectivity index (χ3v) is 5.36. The molecule has 2 aliphatic rings. The number of hydrogen-bond donors (Lipinski definition) is 0. The van der Waals surface area contributed by atoms with Gasteiger partial charge in [0.1, 0.15) is 12.7 Å². The molecule has 2 fully saturated rings. The maximum absolute atomic E-state index is 13.1. The van der Waals surface area contributed by atoms with Crippen LogP contribution >= 0.6 is 0 Å². The van der Waals surface area contributed by atoms with Gasteiger partial charge < -0.3 is 18.9 Å². The fourth-order valence-corrected chi connectivity index (χ4v) is 4.12. The first kappa shape index (κ1) is 20.4. The van der Waals surface area contributed by atoms with Gasteiger partial charge in [0.05, 0.1) is 6.04 Å². The highest BCUT2D eigenvalue weighted by Gasteiger charge is 2.61. The zero-order valence-corrected chi connectivity index (χ0v) is 17.0. The molecule has 2 aromatic carbocycles. The third kappa shape index (κ3) is 4.17. The number of amides is 1. The summed E-state index contributed by atoms with van der Waals surface area (Å²) >= 11 is 0. The molecule has 2 heterocycles. The van der Waals surface area contributed by atoms with Gasteiger partial charge in [0.25, 0.3) is 6.47 Å². The average molecular weight is 411 g/mol. The molecule has 4 rings (SSSR count). The molecule has 2 aromatic rings. The van der Waals surface area contributed by atoms with Crippen LogP contribution in [-0.2, 0) is 36.8 Å². The molecule has 158 valence electrons. The molecule has 7 heteroatoms. The minimum atomic E-state index is -0.907. The lowest BCUT2D eigenvalue weighted by atomic mass is 10.0. The highest BCUT2D eigenvalue weighted by molar-refractivity contribution is 5.69. The van der Waals surface area contributed by atoms with E-state index in [1.54, 1.807) is 13.8 Å². The first-order valence-electron chi connectivity index (χ1n) is 9.96. The van der Waals surface area contributed by atoms with Crippen LogP contribution in [0.25, 0.3) is 0 Å². The first-order chi connectivity index (χ1) is 14.5. The van der Waals surface area contributed by atoms with Crippen molar-refractivity contribution in [2.75, 3.05) is 0 Å². The summed E-state index contributed by atoms with van der Waals surface area (Å²) in [5, 5.41) is 0. The van der Waals surface area contributed by atoms with E-state index < -0.39 is 36.4 Å². The lowest BCUT2D eigenvalue weighted by Gasteiger charge is -2.31. The number of hydrogen-bond acceptors (Lipinski definition) is 6. The number of carbonyl (C=O) groups excluding carboxylic acids is 2. The maximum atomic E-state index is 13.1. The predicted molar refractivity (Wildman–Crippen MR) is 107 cm³/mol. The summed E-state index contributed by atoms with van der Waals surface area (Å²) in [6, 6.07) is 18.7. The predicted octanol–water partition coefficient (Wildman–Crippen LogP) is 3.27. The van der Waals surface area contributed by atoms with Crippen molar-refractivity contribution >= 4 is 12.6 Å². The van der Waals surface area contributed by atoms with Crippen LogP contribution in [-0.4, -0.2) is 47.7 Å². The molecule has 30 heavy (non-hydrogen) atoms. The van der Waals surface area contributed by atoms with Crippen LogP contribution in [0.3, 0.4) is 0 Å².